The molecule has 1 atom stereocenters. The van der Waals surface area contributed by atoms with E-state index < -0.39 is 23.5 Å². The van der Waals surface area contributed by atoms with E-state index in [4.69, 9.17) is 4.74 Å². The molecule has 1 aliphatic rings. The van der Waals surface area contributed by atoms with Crippen LogP contribution in [0.3, 0.4) is 0 Å². The van der Waals surface area contributed by atoms with Gasteiger partial charge in [0, 0.05) is 6.08 Å². The molecule has 0 spiro atoms. The summed E-state index contributed by atoms with van der Waals surface area (Å²) >= 11 is 0. The van der Waals surface area contributed by atoms with Crippen molar-refractivity contribution in [3.8, 4) is 0 Å². The highest BCUT2D eigenvalue weighted by atomic mass is 16.5. The topological polar surface area (TPSA) is 63.6 Å². The third kappa shape index (κ3) is 7.47. The van der Waals surface area contributed by atoms with E-state index in [0.29, 0.717) is 0 Å². The Balaban J connectivity index is 2.74. The summed E-state index contributed by atoms with van der Waals surface area (Å²) in [5, 5.41) is 9.21. The van der Waals surface area contributed by atoms with Gasteiger partial charge in [0.1, 0.15) is 6.10 Å². The smallest absolute Gasteiger partial charge is 0.331 e. The first-order chi connectivity index (χ1) is 13.8. The zero-order valence-corrected chi connectivity index (χ0v) is 19.8. The Bertz CT molecular complexity index is 801. The van der Waals surface area contributed by atoms with Crippen molar-refractivity contribution in [1.29, 1.82) is 0 Å². The SMILES string of the molecule is CC1=C(/C=C/C(C)=C/C=C/C(C)=C/C(=O)OC(C)C(C)(C)C(=O)O)C(C)(C)CCC1. The first-order valence-electron chi connectivity index (χ1n) is 10.6. The molecule has 1 aliphatic carbocycles. The van der Waals surface area contributed by atoms with E-state index in [9.17, 15) is 14.7 Å². The Morgan fingerprint density at radius 1 is 1.17 bits per heavy atom. The maximum absolute atomic E-state index is 12.0. The molecule has 4 heteroatoms. The summed E-state index contributed by atoms with van der Waals surface area (Å²) in [6.07, 6.45) is 14.4. The van der Waals surface area contributed by atoms with Crippen LogP contribution in [0, 0.1) is 10.8 Å². The number of ether oxygens (including phenoxy) is 1. The maximum Gasteiger partial charge on any atom is 0.331 e. The average molecular weight is 415 g/mol. The van der Waals surface area contributed by atoms with Gasteiger partial charge >= 0.3 is 11.9 Å². The van der Waals surface area contributed by atoms with Crippen LogP contribution in [0.4, 0.5) is 0 Å². The molecule has 0 aromatic carbocycles. The molecule has 0 heterocycles. The predicted octanol–water partition coefficient (Wildman–Crippen LogP) is 6.56. The summed E-state index contributed by atoms with van der Waals surface area (Å²) in [5.74, 6) is -1.54. The molecule has 0 amide bonds. The predicted molar refractivity (Wildman–Crippen MR) is 123 cm³/mol. The average Bonchev–Trinajstić information content (AvgIpc) is 2.60. The number of hydrogen-bond donors (Lipinski definition) is 1. The van der Waals surface area contributed by atoms with E-state index in [-0.39, 0.29) is 5.41 Å². The lowest BCUT2D eigenvalue weighted by molar-refractivity contribution is -0.161. The van der Waals surface area contributed by atoms with Gasteiger partial charge in [0.25, 0.3) is 0 Å². The molecule has 1 unspecified atom stereocenters. The fourth-order valence-electron chi connectivity index (χ4n) is 3.40. The highest BCUT2D eigenvalue weighted by molar-refractivity contribution is 5.84. The molecule has 30 heavy (non-hydrogen) atoms. The zero-order chi connectivity index (χ0) is 23.1. The van der Waals surface area contributed by atoms with Crippen molar-refractivity contribution in [2.45, 2.75) is 80.8 Å². The summed E-state index contributed by atoms with van der Waals surface area (Å²) in [7, 11) is 0. The minimum absolute atomic E-state index is 0.223. The van der Waals surface area contributed by atoms with Crippen LogP contribution in [-0.2, 0) is 14.3 Å². The van der Waals surface area contributed by atoms with E-state index in [1.165, 1.54) is 50.3 Å². The van der Waals surface area contributed by atoms with E-state index in [1.54, 1.807) is 6.92 Å². The van der Waals surface area contributed by atoms with E-state index in [0.717, 1.165) is 11.1 Å². The van der Waals surface area contributed by atoms with Crippen molar-refractivity contribution in [2.24, 2.45) is 10.8 Å². The van der Waals surface area contributed by atoms with Crippen LogP contribution in [0.2, 0.25) is 0 Å². The summed E-state index contributed by atoms with van der Waals surface area (Å²) in [6, 6.07) is 0. The lowest BCUT2D eigenvalue weighted by Gasteiger charge is -2.32. The Morgan fingerprint density at radius 3 is 2.37 bits per heavy atom. The molecule has 4 nitrogen and oxygen atoms in total. The molecule has 0 saturated heterocycles. The lowest BCUT2D eigenvalue weighted by Crippen LogP contribution is -2.38. The fraction of sp³-hybridized carbons (Fsp3) is 0.538. The van der Waals surface area contributed by atoms with Gasteiger partial charge in [0.05, 0.1) is 5.41 Å². The summed E-state index contributed by atoms with van der Waals surface area (Å²) < 4.78 is 5.25. The second-order valence-corrected chi connectivity index (χ2v) is 9.53. The number of hydrogen-bond acceptors (Lipinski definition) is 3. The van der Waals surface area contributed by atoms with E-state index >= 15 is 0 Å². The van der Waals surface area contributed by atoms with Gasteiger partial charge in [-0.25, -0.2) is 4.79 Å². The van der Waals surface area contributed by atoms with Crippen LogP contribution < -0.4 is 0 Å². The lowest BCUT2D eigenvalue weighted by atomic mass is 9.72. The maximum atomic E-state index is 12.0. The molecule has 0 aliphatic heterocycles. The Kier molecular flexibility index (Phi) is 9.08. The second kappa shape index (κ2) is 10.6. The molecule has 0 saturated carbocycles. The van der Waals surface area contributed by atoms with Crippen LogP contribution in [0.25, 0.3) is 0 Å². The number of carbonyl (C=O) groups excluding carboxylic acids is 1. The minimum atomic E-state index is -1.14. The Hall–Kier alpha value is -2.36. The fourth-order valence-corrected chi connectivity index (χ4v) is 3.40. The van der Waals surface area contributed by atoms with Gasteiger partial charge in [-0.2, -0.15) is 0 Å². The first kappa shape index (κ1) is 25.7. The van der Waals surface area contributed by atoms with Gasteiger partial charge in [-0.05, 0) is 77.4 Å². The molecule has 1 N–H and O–H groups in total. The first-order valence-corrected chi connectivity index (χ1v) is 10.6. The standard InChI is InChI=1S/C26H38O4/c1-18(14-15-22-20(3)13-10-16-25(22,5)6)11-9-12-19(2)17-23(27)30-21(4)26(7,8)24(28)29/h9,11-12,14-15,17,21H,10,13,16H2,1-8H3,(H,28,29)/b12-9+,15-14+,18-11+,19-17+. The molecular weight excluding hydrogens is 376 g/mol. The number of carboxylic acids is 1. The van der Waals surface area contributed by atoms with Gasteiger partial charge < -0.3 is 9.84 Å². The van der Waals surface area contributed by atoms with Crippen molar-refractivity contribution >= 4 is 11.9 Å². The highest BCUT2D eigenvalue weighted by Gasteiger charge is 2.36. The minimum Gasteiger partial charge on any atom is -0.481 e. The quantitative estimate of drug-likeness (QED) is 0.277. The summed E-state index contributed by atoms with van der Waals surface area (Å²) in [4.78, 5) is 23.3. The van der Waals surface area contributed by atoms with Crippen LogP contribution in [0.15, 0.2) is 58.7 Å². The molecule has 166 valence electrons. The number of carbonyl (C=O) groups is 2. The normalized spacial score (nSPS) is 19.5. The van der Waals surface area contributed by atoms with Crippen molar-refractivity contribution in [1.82, 2.24) is 0 Å². The van der Waals surface area contributed by atoms with Crippen molar-refractivity contribution in [3.63, 3.8) is 0 Å². The van der Waals surface area contributed by atoms with Gasteiger partial charge in [-0.1, -0.05) is 55.4 Å². The monoisotopic (exact) mass is 414 g/mol. The molecule has 0 bridgehead atoms. The van der Waals surface area contributed by atoms with Crippen LogP contribution in [0.1, 0.15) is 74.7 Å². The van der Waals surface area contributed by atoms with Crippen LogP contribution >= 0.6 is 0 Å². The summed E-state index contributed by atoms with van der Waals surface area (Å²) in [6.45, 7) is 15.4. The van der Waals surface area contributed by atoms with E-state index in [1.807, 2.05) is 25.2 Å². The molecule has 0 aromatic rings. The molecule has 0 radical (unpaired) electrons. The molecule has 0 aromatic heterocycles. The molecular formula is C26H38O4. The zero-order valence-electron chi connectivity index (χ0n) is 19.8. The number of esters is 1. The number of aliphatic carboxylic acids is 1. The van der Waals surface area contributed by atoms with Crippen molar-refractivity contribution in [2.75, 3.05) is 0 Å². The summed E-state index contributed by atoms with van der Waals surface area (Å²) in [5.41, 5.74) is 3.85. The van der Waals surface area contributed by atoms with Gasteiger partial charge in [0.15, 0.2) is 0 Å². The third-order valence-corrected chi connectivity index (χ3v) is 5.98. The third-order valence-electron chi connectivity index (χ3n) is 5.98. The Morgan fingerprint density at radius 2 is 1.80 bits per heavy atom. The van der Waals surface area contributed by atoms with Crippen molar-refractivity contribution in [3.05, 3.63) is 58.7 Å². The number of rotatable bonds is 8. The highest BCUT2D eigenvalue weighted by Crippen LogP contribution is 2.40. The van der Waals surface area contributed by atoms with Crippen LogP contribution in [0.5, 0.6) is 0 Å². The van der Waals surface area contributed by atoms with Crippen LogP contribution in [-0.4, -0.2) is 23.1 Å². The largest absolute Gasteiger partial charge is 0.481 e. The Labute approximate surface area is 182 Å². The number of allylic oxidation sites excluding steroid dienone is 9. The van der Waals surface area contributed by atoms with Crippen molar-refractivity contribution < 1.29 is 19.4 Å². The van der Waals surface area contributed by atoms with E-state index in [2.05, 4.69) is 39.8 Å². The van der Waals surface area contributed by atoms with Gasteiger partial charge in [-0.15, -0.1) is 0 Å². The second-order valence-electron chi connectivity index (χ2n) is 9.53. The number of carboxylic acid groups (broad SMARTS) is 1. The molecule has 1 rings (SSSR count). The van der Waals surface area contributed by atoms with Gasteiger partial charge in [0.2, 0.25) is 0 Å². The molecule has 0 fully saturated rings. The van der Waals surface area contributed by atoms with Gasteiger partial charge in [-0.3, -0.25) is 4.79 Å².